The summed E-state index contributed by atoms with van der Waals surface area (Å²) in [5.74, 6) is -1.46. The molecule has 3 nitrogen and oxygen atoms in total. The molecule has 2 aromatic carbocycles. The molecule has 0 unspecified atom stereocenters. The van der Waals surface area contributed by atoms with Gasteiger partial charge in [0.25, 0.3) is 0 Å². The van der Waals surface area contributed by atoms with Gasteiger partial charge in [0.15, 0.2) is 0 Å². The van der Waals surface area contributed by atoms with Gasteiger partial charge < -0.3 is 4.74 Å². The molecule has 0 N–H and O–H groups in total. The van der Waals surface area contributed by atoms with Gasteiger partial charge in [0, 0.05) is 0 Å². The van der Waals surface area contributed by atoms with Crippen molar-refractivity contribution < 1.29 is 13.9 Å². The second kappa shape index (κ2) is 5.32. The molecule has 0 aliphatic rings. The largest absolute Gasteiger partial charge is 0.465 e. The van der Waals surface area contributed by atoms with E-state index in [1.807, 2.05) is 18.2 Å². The van der Waals surface area contributed by atoms with E-state index in [-0.39, 0.29) is 11.1 Å². The summed E-state index contributed by atoms with van der Waals surface area (Å²) in [5, 5.41) is 8.91. The van der Waals surface area contributed by atoms with E-state index in [0.717, 1.165) is 5.56 Å². The molecule has 0 saturated heterocycles. The topological polar surface area (TPSA) is 50.1 Å². The molecule has 0 spiro atoms. The first-order valence-corrected chi connectivity index (χ1v) is 5.54. The number of nitrogens with zero attached hydrogens (tertiary/aromatic N) is 1. The molecule has 2 aromatic rings. The number of rotatable bonds is 2. The highest BCUT2D eigenvalue weighted by atomic mass is 19.1. The molecule has 2 rings (SSSR count). The van der Waals surface area contributed by atoms with Crippen molar-refractivity contribution in [3.05, 3.63) is 59.4 Å². The summed E-state index contributed by atoms with van der Waals surface area (Å²) in [5.41, 5.74) is 0.920. The first-order valence-electron chi connectivity index (χ1n) is 5.54. The first kappa shape index (κ1) is 12.8. The number of benzene rings is 2. The average molecular weight is 255 g/mol. The lowest BCUT2D eigenvalue weighted by molar-refractivity contribution is 0.0600. The van der Waals surface area contributed by atoms with E-state index in [1.165, 1.54) is 19.2 Å². The molecule has 0 saturated carbocycles. The van der Waals surface area contributed by atoms with Crippen molar-refractivity contribution in [2.45, 2.75) is 0 Å². The van der Waals surface area contributed by atoms with Crippen LogP contribution in [0.25, 0.3) is 11.1 Å². The van der Waals surface area contributed by atoms with Crippen LogP contribution in [-0.2, 0) is 4.74 Å². The van der Waals surface area contributed by atoms with Crippen LogP contribution in [0.4, 0.5) is 4.39 Å². The third-order valence-electron chi connectivity index (χ3n) is 2.71. The fourth-order valence-corrected chi connectivity index (χ4v) is 1.79. The summed E-state index contributed by atoms with van der Waals surface area (Å²) in [6, 6.07) is 13.4. The number of hydrogen-bond acceptors (Lipinski definition) is 3. The maximum absolute atomic E-state index is 13.9. The van der Waals surface area contributed by atoms with Crippen LogP contribution in [0.3, 0.4) is 0 Å². The maximum atomic E-state index is 13.9. The van der Waals surface area contributed by atoms with Crippen molar-refractivity contribution in [2.75, 3.05) is 7.11 Å². The van der Waals surface area contributed by atoms with E-state index in [9.17, 15) is 9.18 Å². The molecule has 0 aromatic heterocycles. The predicted molar refractivity (Wildman–Crippen MR) is 67.9 cm³/mol. The van der Waals surface area contributed by atoms with Gasteiger partial charge in [0.05, 0.1) is 12.7 Å². The Kier molecular flexibility index (Phi) is 3.58. The number of carbonyl (C=O) groups is 1. The van der Waals surface area contributed by atoms with E-state index in [4.69, 9.17) is 5.26 Å². The average Bonchev–Trinajstić information content (AvgIpc) is 2.46. The van der Waals surface area contributed by atoms with Gasteiger partial charge in [-0.1, -0.05) is 30.3 Å². The Morgan fingerprint density at radius 3 is 2.47 bits per heavy atom. The molecule has 0 fully saturated rings. The second-order valence-corrected chi connectivity index (χ2v) is 3.85. The van der Waals surface area contributed by atoms with Crippen molar-refractivity contribution in [3.8, 4) is 17.2 Å². The minimum Gasteiger partial charge on any atom is -0.465 e. The van der Waals surface area contributed by atoms with Gasteiger partial charge in [-0.05, 0) is 23.3 Å². The van der Waals surface area contributed by atoms with Crippen LogP contribution in [0.5, 0.6) is 0 Å². The zero-order valence-electron chi connectivity index (χ0n) is 10.2. The molecular weight excluding hydrogens is 245 g/mol. The number of nitriles is 1. The lowest BCUT2D eigenvalue weighted by Crippen LogP contribution is -2.06. The number of ether oxygens (including phenoxy) is 1. The highest BCUT2D eigenvalue weighted by molar-refractivity contribution is 5.93. The fraction of sp³-hybridized carbons (Fsp3) is 0.0667. The molecule has 0 amide bonds. The SMILES string of the molecule is COC(=O)c1cc(-c2ccccc2)cc(F)c1C#N. The molecule has 0 aliphatic carbocycles. The molecule has 0 radical (unpaired) electrons. The predicted octanol–water partition coefficient (Wildman–Crippen LogP) is 3.15. The summed E-state index contributed by atoms with van der Waals surface area (Å²) in [6.45, 7) is 0. The van der Waals surface area contributed by atoms with Crippen LogP contribution >= 0.6 is 0 Å². The Morgan fingerprint density at radius 2 is 1.89 bits per heavy atom. The van der Waals surface area contributed by atoms with Gasteiger partial charge in [-0.25, -0.2) is 9.18 Å². The molecule has 94 valence electrons. The summed E-state index contributed by atoms with van der Waals surface area (Å²) < 4.78 is 18.4. The Hall–Kier alpha value is -2.67. The number of esters is 1. The Labute approximate surface area is 109 Å². The van der Waals surface area contributed by atoms with E-state index in [2.05, 4.69) is 4.74 Å². The lowest BCUT2D eigenvalue weighted by atomic mass is 9.99. The molecule has 0 aliphatic heterocycles. The molecule has 19 heavy (non-hydrogen) atoms. The third-order valence-corrected chi connectivity index (χ3v) is 2.71. The van der Waals surface area contributed by atoms with Gasteiger partial charge in [0.1, 0.15) is 17.4 Å². The van der Waals surface area contributed by atoms with Crippen molar-refractivity contribution in [1.29, 1.82) is 5.26 Å². The summed E-state index contributed by atoms with van der Waals surface area (Å²) in [4.78, 5) is 11.6. The van der Waals surface area contributed by atoms with Crippen LogP contribution in [0, 0.1) is 17.1 Å². The zero-order valence-corrected chi connectivity index (χ0v) is 10.2. The van der Waals surface area contributed by atoms with E-state index in [1.54, 1.807) is 18.2 Å². The van der Waals surface area contributed by atoms with Crippen molar-refractivity contribution in [3.63, 3.8) is 0 Å². The minimum absolute atomic E-state index is 0.0659. The number of methoxy groups -OCH3 is 1. The summed E-state index contributed by atoms with van der Waals surface area (Å²) in [7, 11) is 1.19. The van der Waals surface area contributed by atoms with Crippen LogP contribution in [0.1, 0.15) is 15.9 Å². The summed E-state index contributed by atoms with van der Waals surface area (Å²) in [6.07, 6.45) is 0. The second-order valence-electron chi connectivity index (χ2n) is 3.85. The first-order chi connectivity index (χ1) is 9.17. The number of carbonyl (C=O) groups excluding carboxylic acids is 1. The van der Waals surface area contributed by atoms with Crippen LogP contribution in [0.2, 0.25) is 0 Å². The highest BCUT2D eigenvalue weighted by Crippen LogP contribution is 2.25. The quantitative estimate of drug-likeness (QED) is 0.774. The molecule has 4 heteroatoms. The molecule has 0 bridgehead atoms. The van der Waals surface area contributed by atoms with E-state index < -0.39 is 11.8 Å². The molecular formula is C15H10FNO2. The van der Waals surface area contributed by atoms with Crippen LogP contribution < -0.4 is 0 Å². The van der Waals surface area contributed by atoms with Crippen molar-refractivity contribution in [1.82, 2.24) is 0 Å². The van der Waals surface area contributed by atoms with Gasteiger partial charge in [-0.3, -0.25) is 0 Å². The van der Waals surface area contributed by atoms with Crippen LogP contribution in [-0.4, -0.2) is 13.1 Å². The summed E-state index contributed by atoms with van der Waals surface area (Å²) >= 11 is 0. The zero-order chi connectivity index (χ0) is 13.8. The van der Waals surface area contributed by atoms with E-state index in [0.29, 0.717) is 5.56 Å². The van der Waals surface area contributed by atoms with E-state index >= 15 is 0 Å². The van der Waals surface area contributed by atoms with Gasteiger partial charge in [-0.2, -0.15) is 5.26 Å². The Bertz CT molecular complexity index is 660. The van der Waals surface area contributed by atoms with Gasteiger partial charge in [0.2, 0.25) is 0 Å². The molecule has 0 heterocycles. The Balaban J connectivity index is 2.64. The standard InChI is InChI=1S/C15H10FNO2/c1-19-15(18)12-7-11(8-14(16)13(12)9-17)10-5-3-2-4-6-10/h2-8H,1H3. The maximum Gasteiger partial charge on any atom is 0.339 e. The van der Waals surface area contributed by atoms with Gasteiger partial charge in [-0.15, -0.1) is 0 Å². The van der Waals surface area contributed by atoms with Gasteiger partial charge >= 0.3 is 5.97 Å². The van der Waals surface area contributed by atoms with Crippen molar-refractivity contribution in [2.24, 2.45) is 0 Å². The smallest absolute Gasteiger partial charge is 0.339 e. The normalized spacial score (nSPS) is 9.74. The minimum atomic E-state index is -0.732. The van der Waals surface area contributed by atoms with Crippen molar-refractivity contribution >= 4 is 5.97 Å². The molecule has 0 atom stereocenters. The highest BCUT2D eigenvalue weighted by Gasteiger charge is 2.18. The Morgan fingerprint density at radius 1 is 1.21 bits per heavy atom. The van der Waals surface area contributed by atoms with Crippen LogP contribution in [0.15, 0.2) is 42.5 Å². The number of hydrogen-bond donors (Lipinski definition) is 0. The monoisotopic (exact) mass is 255 g/mol. The lowest BCUT2D eigenvalue weighted by Gasteiger charge is -2.07. The number of halogens is 1. The fourth-order valence-electron chi connectivity index (χ4n) is 1.79. The third kappa shape index (κ3) is 2.45.